The third-order valence-electron chi connectivity index (χ3n) is 4.37. The van der Waals surface area contributed by atoms with Gasteiger partial charge in [0.2, 0.25) is 0 Å². The van der Waals surface area contributed by atoms with E-state index in [4.69, 9.17) is 0 Å². The van der Waals surface area contributed by atoms with Gasteiger partial charge in [-0.2, -0.15) is 5.26 Å². The van der Waals surface area contributed by atoms with Gasteiger partial charge in [0, 0.05) is 9.79 Å². The molecule has 1 nitrogen and oxygen atoms in total. The average Bonchev–Trinajstić information content (AvgIpc) is 2.73. The first-order valence-electron chi connectivity index (χ1n) is 8.76. The van der Waals surface area contributed by atoms with Gasteiger partial charge in [-0.05, 0) is 52.2 Å². The van der Waals surface area contributed by atoms with E-state index in [1.54, 1.807) is 11.8 Å². The van der Waals surface area contributed by atoms with Crippen molar-refractivity contribution in [3.05, 3.63) is 108 Å². The molecule has 0 amide bonds. The van der Waals surface area contributed by atoms with Crippen LogP contribution in [0.25, 0.3) is 22.4 Å². The van der Waals surface area contributed by atoms with Crippen LogP contribution in [0, 0.1) is 11.3 Å². The molecule has 0 aliphatic heterocycles. The molecular weight excluding hydrogens is 346 g/mol. The molecule has 0 heterocycles. The Morgan fingerprint density at radius 2 is 1.44 bits per heavy atom. The van der Waals surface area contributed by atoms with Crippen molar-refractivity contribution < 1.29 is 0 Å². The monoisotopic (exact) mass is 363 g/mol. The third kappa shape index (κ3) is 3.95. The average molecular weight is 363 g/mol. The normalized spacial score (nSPS) is 11.3. The lowest BCUT2D eigenvalue weighted by Gasteiger charge is -2.07. The summed E-state index contributed by atoms with van der Waals surface area (Å²) in [5.41, 5.74) is 2.66. The van der Waals surface area contributed by atoms with Crippen LogP contribution in [0.1, 0.15) is 11.1 Å². The molecule has 27 heavy (non-hydrogen) atoms. The van der Waals surface area contributed by atoms with E-state index in [-0.39, 0.29) is 0 Å². The number of hydrogen-bond acceptors (Lipinski definition) is 2. The maximum absolute atomic E-state index is 9.77. The summed E-state index contributed by atoms with van der Waals surface area (Å²) in [4.78, 5) is 2.32. The molecule has 0 aliphatic carbocycles. The Morgan fingerprint density at radius 1 is 0.741 bits per heavy atom. The molecule has 0 fully saturated rings. The summed E-state index contributed by atoms with van der Waals surface area (Å²) in [5, 5.41) is 12.1. The minimum Gasteiger partial charge on any atom is -0.192 e. The minimum absolute atomic E-state index is 0.668. The first-order valence-corrected chi connectivity index (χ1v) is 9.58. The summed E-state index contributed by atoms with van der Waals surface area (Å²) in [5.74, 6) is 0. The number of allylic oxidation sites excluding steroid dienone is 1. The highest BCUT2D eigenvalue weighted by Crippen LogP contribution is 2.32. The molecule has 0 N–H and O–H groups in total. The van der Waals surface area contributed by atoms with Crippen LogP contribution in [0.3, 0.4) is 0 Å². The van der Waals surface area contributed by atoms with Gasteiger partial charge < -0.3 is 0 Å². The molecule has 0 aromatic heterocycles. The van der Waals surface area contributed by atoms with Gasteiger partial charge >= 0.3 is 0 Å². The third-order valence-corrected chi connectivity index (χ3v) is 5.47. The number of fused-ring (bicyclic) bond motifs is 1. The Morgan fingerprint density at radius 3 is 2.26 bits per heavy atom. The zero-order valence-corrected chi connectivity index (χ0v) is 15.5. The number of nitriles is 1. The van der Waals surface area contributed by atoms with E-state index in [1.807, 2.05) is 54.6 Å². The largest absolute Gasteiger partial charge is 0.192 e. The Labute approximate surface area is 163 Å². The second-order valence-corrected chi connectivity index (χ2v) is 7.30. The van der Waals surface area contributed by atoms with Gasteiger partial charge in [0.05, 0.1) is 11.6 Å². The summed E-state index contributed by atoms with van der Waals surface area (Å²) in [6, 6.07) is 35.2. The van der Waals surface area contributed by atoms with Gasteiger partial charge in [-0.25, -0.2) is 0 Å². The van der Waals surface area contributed by atoms with E-state index in [9.17, 15) is 5.26 Å². The number of rotatable bonds is 4. The fourth-order valence-electron chi connectivity index (χ4n) is 3.00. The van der Waals surface area contributed by atoms with Crippen LogP contribution < -0.4 is 0 Å². The first-order chi connectivity index (χ1) is 13.3. The lowest BCUT2D eigenvalue weighted by molar-refractivity contribution is 1.38. The molecule has 0 atom stereocenters. The molecule has 0 saturated heterocycles. The van der Waals surface area contributed by atoms with Crippen molar-refractivity contribution in [3.8, 4) is 6.07 Å². The summed E-state index contributed by atoms with van der Waals surface area (Å²) in [7, 11) is 0. The molecule has 0 saturated carbocycles. The lowest BCUT2D eigenvalue weighted by atomic mass is 10.0. The predicted octanol–water partition coefficient (Wildman–Crippen LogP) is 7.06. The van der Waals surface area contributed by atoms with Gasteiger partial charge in [0.1, 0.15) is 0 Å². The van der Waals surface area contributed by atoms with Gasteiger partial charge in [-0.15, -0.1) is 0 Å². The van der Waals surface area contributed by atoms with Gasteiger partial charge in [-0.3, -0.25) is 0 Å². The van der Waals surface area contributed by atoms with E-state index >= 15 is 0 Å². The van der Waals surface area contributed by atoms with Crippen molar-refractivity contribution in [1.29, 1.82) is 5.26 Å². The number of hydrogen-bond donors (Lipinski definition) is 0. The van der Waals surface area contributed by atoms with E-state index in [0.29, 0.717) is 5.57 Å². The van der Waals surface area contributed by atoms with Gasteiger partial charge in [0.15, 0.2) is 0 Å². The topological polar surface area (TPSA) is 23.8 Å². The van der Waals surface area contributed by atoms with Gasteiger partial charge in [-0.1, -0.05) is 84.6 Å². The standard InChI is InChI=1S/C25H17NS/c26-18-23(21-15-14-19-8-4-5-9-20(19)16-21)17-22-10-6-7-13-25(22)27-24-11-2-1-3-12-24/h1-17H/b23-17+. The quantitative estimate of drug-likeness (QED) is 0.286. The molecule has 0 radical (unpaired) electrons. The molecule has 4 aromatic rings. The first kappa shape index (κ1) is 17.1. The van der Waals surface area contributed by atoms with Crippen LogP contribution in [0.4, 0.5) is 0 Å². The molecule has 2 heteroatoms. The zero-order chi connectivity index (χ0) is 18.5. The molecule has 0 unspecified atom stereocenters. The van der Waals surface area contributed by atoms with Crippen molar-refractivity contribution in [3.63, 3.8) is 0 Å². The maximum atomic E-state index is 9.77. The fraction of sp³-hybridized carbons (Fsp3) is 0. The van der Waals surface area contributed by atoms with Crippen molar-refractivity contribution in [2.45, 2.75) is 9.79 Å². The molecule has 4 rings (SSSR count). The maximum Gasteiger partial charge on any atom is 0.0998 e. The Kier molecular flexibility index (Phi) is 5.05. The van der Waals surface area contributed by atoms with Crippen LogP contribution in [0.2, 0.25) is 0 Å². The Balaban J connectivity index is 1.73. The van der Waals surface area contributed by atoms with E-state index < -0.39 is 0 Å². The number of benzene rings is 4. The van der Waals surface area contributed by atoms with E-state index in [2.05, 4.69) is 54.6 Å². The summed E-state index contributed by atoms with van der Waals surface area (Å²) >= 11 is 1.71. The van der Waals surface area contributed by atoms with Crippen LogP contribution in [0.5, 0.6) is 0 Å². The predicted molar refractivity (Wildman–Crippen MR) is 114 cm³/mol. The minimum atomic E-state index is 0.668. The lowest BCUT2D eigenvalue weighted by Crippen LogP contribution is -1.85. The second-order valence-electron chi connectivity index (χ2n) is 6.18. The number of nitrogens with zero attached hydrogens (tertiary/aromatic N) is 1. The van der Waals surface area contributed by atoms with Crippen molar-refractivity contribution >= 4 is 34.2 Å². The second kappa shape index (κ2) is 7.95. The highest BCUT2D eigenvalue weighted by Gasteiger charge is 2.06. The van der Waals surface area contributed by atoms with Crippen LogP contribution in [-0.4, -0.2) is 0 Å². The molecule has 0 aliphatic rings. The molecule has 128 valence electrons. The summed E-state index contributed by atoms with van der Waals surface area (Å²) in [6.07, 6.45) is 1.98. The highest BCUT2D eigenvalue weighted by molar-refractivity contribution is 7.99. The SMILES string of the molecule is N#C/C(=C\c1ccccc1Sc1ccccc1)c1ccc2ccccc2c1. The van der Waals surface area contributed by atoms with Crippen LogP contribution in [-0.2, 0) is 0 Å². The summed E-state index contributed by atoms with van der Waals surface area (Å²) < 4.78 is 0. The molecule has 0 spiro atoms. The molecule has 4 aromatic carbocycles. The van der Waals surface area contributed by atoms with Crippen molar-refractivity contribution in [1.82, 2.24) is 0 Å². The summed E-state index contributed by atoms with van der Waals surface area (Å²) in [6.45, 7) is 0. The molecule has 0 bridgehead atoms. The van der Waals surface area contributed by atoms with Crippen LogP contribution >= 0.6 is 11.8 Å². The smallest absolute Gasteiger partial charge is 0.0998 e. The fourth-order valence-corrected chi connectivity index (χ4v) is 3.94. The van der Waals surface area contributed by atoms with Gasteiger partial charge in [0.25, 0.3) is 0 Å². The molecular formula is C25H17NS. The van der Waals surface area contributed by atoms with E-state index in [1.165, 1.54) is 10.3 Å². The zero-order valence-electron chi connectivity index (χ0n) is 14.7. The van der Waals surface area contributed by atoms with Crippen LogP contribution in [0.15, 0.2) is 107 Å². The van der Waals surface area contributed by atoms with Crippen molar-refractivity contribution in [2.24, 2.45) is 0 Å². The van der Waals surface area contributed by atoms with E-state index in [0.717, 1.165) is 21.4 Å². The highest BCUT2D eigenvalue weighted by atomic mass is 32.2. The Bertz CT molecular complexity index is 1150. The Hall–Kier alpha value is -3.28. The van der Waals surface area contributed by atoms with Crippen molar-refractivity contribution in [2.75, 3.05) is 0 Å².